The molecule has 2 heterocycles. The van der Waals surface area contributed by atoms with Crippen LogP contribution in [0.5, 0.6) is 0 Å². The van der Waals surface area contributed by atoms with Crippen LogP contribution in [0.1, 0.15) is 11.3 Å². The summed E-state index contributed by atoms with van der Waals surface area (Å²) < 4.78 is 63.7. The van der Waals surface area contributed by atoms with Gasteiger partial charge in [-0.25, -0.2) is 8.42 Å². The Morgan fingerprint density at radius 1 is 1.43 bits per heavy atom. The number of thiophene rings is 1. The number of aliphatic hydroxyl groups excluding tert-OH is 1. The zero-order valence-electron chi connectivity index (χ0n) is 10.5. The summed E-state index contributed by atoms with van der Waals surface area (Å²) in [4.78, 5) is 0.435. The van der Waals surface area contributed by atoms with Gasteiger partial charge >= 0.3 is 6.18 Å². The van der Waals surface area contributed by atoms with Crippen molar-refractivity contribution in [1.82, 2.24) is 4.31 Å². The van der Waals surface area contributed by atoms with Crippen LogP contribution in [0.2, 0.25) is 0 Å². The molecule has 0 amide bonds. The third-order valence-electron chi connectivity index (χ3n) is 3.02. The first-order valence-corrected chi connectivity index (χ1v) is 8.86. The molecule has 0 spiro atoms. The van der Waals surface area contributed by atoms with E-state index >= 15 is 0 Å². The molecule has 1 aliphatic rings. The van der Waals surface area contributed by atoms with Gasteiger partial charge in [0.1, 0.15) is 4.90 Å². The molecule has 1 aromatic rings. The summed E-state index contributed by atoms with van der Waals surface area (Å²) in [6.07, 6.45) is -3.88. The molecular formula is C11H11BrF3NO3S2. The van der Waals surface area contributed by atoms with Gasteiger partial charge in [-0.15, -0.1) is 11.3 Å². The summed E-state index contributed by atoms with van der Waals surface area (Å²) in [5.74, 6) is 0. The van der Waals surface area contributed by atoms with E-state index in [9.17, 15) is 21.6 Å². The summed E-state index contributed by atoms with van der Waals surface area (Å²) in [5, 5.41) is 9.02. The van der Waals surface area contributed by atoms with E-state index < -0.39 is 21.8 Å². The lowest BCUT2D eigenvalue weighted by Crippen LogP contribution is -2.36. The maximum absolute atomic E-state index is 12.5. The van der Waals surface area contributed by atoms with E-state index in [2.05, 4.69) is 15.9 Å². The number of halogens is 4. The van der Waals surface area contributed by atoms with E-state index in [1.165, 1.54) is 6.07 Å². The third-order valence-corrected chi connectivity index (χ3v) is 7.12. The molecule has 0 fully saturated rings. The molecule has 1 N–H and O–H groups in total. The molecule has 2 rings (SSSR count). The third kappa shape index (κ3) is 3.50. The van der Waals surface area contributed by atoms with Crippen LogP contribution in [0.3, 0.4) is 0 Å². The van der Waals surface area contributed by atoms with Gasteiger partial charge in [0.05, 0.1) is 10.4 Å². The number of hydrogen-bond acceptors (Lipinski definition) is 4. The Hall–Kier alpha value is -0.420. The van der Waals surface area contributed by atoms with Crippen molar-refractivity contribution < 1.29 is 26.7 Å². The van der Waals surface area contributed by atoms with Crippen LogP contribution in [0.15, 0.2) is 26.4 Å². The van der Waals surface area contributed by atoms with Gasteiger partial charge in [-0.1, -0.05) is 6.08 Å². The van der Waals surface area contributed by atoms with Gasteiger partial charge in [0, 0.05) is 23.5 Å². The van der Waals surface area contributed by atoms with Gasteiger partial charge in [0.25, 0.3) is 0 Å². The van der Waals surface area contributed by atoms with Crippen LogP contribution in [-0.2, 0) is 16.6 Å². The highest BCUT2D eigenvalue weighted by Gasteiger charge is 2.37. The van der Waals surface area contributed by atoms with Crippen LogP contribution < -0.4 is 0 Å². The first-order chi connectivity index (χ1) is 9.66. The summed E-state index contributed by atoms with van der Waals surface area (Å²) in [6, 6.07) is 1.33. The van der Waals surface area contributed by atoms with E-state index in [1.807, 2.05) is 0 Å². The molecule has 0 saturated heterocycles. The fourth-order valence-corrected chi connectivity index (χ4v) is 5.79. The van der Waals surface area contributed by atoms with Crippen molar-refractivity contribution in [2.24, 2.45) is 0 Å². The molecule has 0 aromatic carbocycles. The summed E-state index contributed by atoms with van der Waals surface area (Å²) in [6.45, 7) is -0.824. The fraction of sp³-hybridized carbons (Fsp3) is 0.455. The second kappa shape index (κ2) is 5.99. The fourth-order valence-electron chi connectivity index (χ4n) is 1.92. The minimum Gasteiger partial charge on any atom is -0.391 e. The molecule has 4 nitrogen and oxygen atoms in total. The minimum absolute atomic E-state index is 0.0274. The Kier molecular flexibility index (Phi) is 4.84. The van der Waals surface area contributed by atoms with Gasteiger partial charge in [0.2, 0.25) is 10.0 Å². The van der Waals surface area contributed by atoms with Crippen molar-refractivity contribution in [2.45, 2.75) is 24.1 Å². The number of sulfonamides is 1. The molecule has 10 heteroatoms. The largest absolute Gasteiger partial charge is 0.412 e. The van der Waals surface area contributed by atoms with Gasteiger partial charge < -0.3 is 5.11 Å². The SMILES string of the molecule is O=S(=O)(c1cc(CO)sc1Br)N1CC=C(C(F)(F)F)CC1. The zero-order chi connectivity index (χ0) is 15.8. The Labute approximate surface area is 132 Å². The molecule has 1 aromatic heterocycles. The van der Waals surface area contributed by atoms with Crippen molar-refractivity contribution in [2.75, 3.05) is 13.1 Å². The van der Waals surface area contributed by atoms with Crippen LogP contribution in [-0.4, -0.2) is 37.1 Å². The van der Waals surface area contributed by atoms with E-state index in [0.29, 0.717) is 8.66 Å². The average molecular weight is 406 g/mol. The molecule has 0 bridgehead atoms. The second-order valence-electron chi connectivity index (χ2n) is 4.35. The first kappa shape index (κ1) is 16.9. The number of aliphatic hydroxyl groups is 1. The van der Waals surface area contributed by atoms with E-state index in [1.54, 1.807) is 0 Å². The lowest BCUT2D eigenvalue weighted by molar-refractivity contribution is -0.0953. The average Bonchev–Trinajstić information content (AvgIpc) is 2.80. The Bertz CT molecular complexity index is 667. The number of hydrogen-bond donors (Lipinski definition) is 1. The van der Waals surface area contributed by atoms with Crippen LogP contribution in [0, 0.1) is 0 Å². The molecule has 0 aliphatic carbocycles. The predicted octanol–water partition coefficient (Wildman–Crippen LogP) is 2.89. The summed E-state index contributed by atoms with van der Waals surface area (Å²) >= 11 is 4.19. The number of alkyl halides is 3. The van der Waals surface area contributed by atoms with Crippen molar-refractivity contribution in [3.63, 3.8) is 0 Å². The lowest BCUT2D eigenvalue weighted by Gasteiger charge is -2.26. The molecule has 21 heavy (non-hydrogen) atoms. The standard InChI is InChI=1S/C11H11BrF3NO3S2/c12-10-9(5-8(6-17)20-10)21(18,19)16-3-1-7(2-4-16)11(13,14)15/h1,5,17H,2-4,6H2. The molecular weight excluding hydrogens is 395 g/mol. The Balaban J connectivity index is 2.26. The molecule has 1 aliphatic heterocycles. The maximum Gasteiger partial charge on any atom is 0.412 e. The van der Waals surface area contributed by atoms with Crippen molar-refractivity contribution in [3.8, 4) is 0 Å². The van der Waals surface area contributed by atoms with Gasteiger partial charge in [-0.2, -0.15) is 17.5 Å². The molecule has 118 valence electrons. The molecule has 0 radical (unpaired) electrons. The number of rotatable bonds is 3. The van der Waals surface area contributed by atoms with Crippen LogP contribution in [0.25, 0.3) is 0 Å². The maximum atomic E-state index is 12.5. The van der Waals surface area contributed by atoms with Crippen LogP contribution in [0.4, 0.5) is 13.2 Å². The van der Waals surface area contributed by atoms with E-state index in [4.69, 9.17) is 5.11 Å². The van der Waals surface area contributed by atoms with Crippen LogP contribution >= 0.6 is 27.3 Å². The second-order valence-corrected chi connectivity index (χ2v) is 8.71. The number of nitrogens with zero attached hydrogens (tertiary/aromatic N) is 1. The smallest absolute Gasteiger partial charge is 0.391 e. The molecule has 0 saturated carbocycles. The quantitative estimate of drug-likeness (QED) is 0.786. The zero-order valence-corrected chi connectivity index (χ0v) is 13.7. The van der Waals surface area contributed by atoms with Crippen molar-refractivity contribution >= 4 is 37.3 Å². The van der Waals surface area contributed by atoms with Crippen molar-refractivity contribution in [3.05, 3.63) is 26.4 Å². The Morgan fingerprint density at radius 3 is 2.52 bits per heavy atom. The molecule has 0 unspecified atom stereocenters. The Morgan fingerprint density at radius 2 is 2.10 bits per heavy atom. The highest BCUT2D eigenvalue weighted by atomic mass is 79.9. The molecule has 0 atom stereocenters. The first-order valence-electron chi connectivity index (χ1n) is 5.81. The summed E-state index contributed by atoms with van der Waals surface area (Å²) in [7, 11) is -3.88. The summed E-state index contributed by atoms with van der Waals surface area (Å²) in [5.41, 5.74) is -0.700. The van der Waals surface area contributed by atoms with E-state index in [-0.39, 0.29) is 31.0 Å². The van der Waals surface area contributed by atoms with Gasteiger partial charge in [-0.3, -0.25) is 0 Å². The normalized spacial score (nSPS) is 17.9. The monoisotopic (exact) mass is 405 g/mol. The van der Waals surface area contributed by atoms with Gasteiger partial charge in [0.15, 0.2) is 0 Å². The predicted molar refractivity (Wildman–Crippen MR) is 75.5 cm³/mol. The lowest BCUT2D eigenvalue weighted by atomic mass is 10.1. The van der Waals surface area contributed by atoms with E-state index in [0.717, 1.165) is 21.7 Å². The van der Waals surface area contributed by atoms with Gasteiger partial charge in [-0.05, 0) is 28.4 Å². The van der Waals surface area contributed by atoms with Crippen molar-refractivity contribution in [1.29, 1.82) is 0 Å². The highest BCUT2D eigenvalue weighted by Crippen LogP contribution is 2.36. The highest BCUT2D eigenvalue weighted by molar-refractivity contribution is 9.11. The topological polar surface area (TPSA) is 57.6 Å². The minimum atomic E-state index is -4.41.